The van der Waals surface area contributed by atoms with Crippen LogP contribution < -0.4 is 4.74 Å². The van der Waals surface area contributed by atoms with Crippen molar-refractivity contribution >= 4 is 16.9 Å². The molecule has 186 valence electrons. The largest absolute Gasteiger partial charge is 0.497 e. The Labute approximate surface area is 206 Å². The molecule has 3 heterocycles. The van der Waals surface area contributed by atoms with Gasteiger partial charge in [-0.3, -0.25) is 9.78 Å². The Balaban J connectivity index is 1.30. The Hall–Kier alpha value is -3.10. The summed E-state index contributed by atoms with van der Waals surface area (Å²) in [4.78, 5) is 18.7. The van der Waals surface area contributed by atoms with E-state index in [4.69, 9.17) is 4.74 Å². The fourth-order valence-electron chi connectivity index (χ4n) is 5.10. The first-order valence-corrected chi connectivity index (χ1v) is 12.4. The third-order valence-electron chi connectivity index (χ3n) is 7.09. The Morgan fingerprint density at radius 2 is 2.11 bits per heavy atom. The lowest BCUT2D eigenvalue weighted by Gasteiger charge is -2.37. The van der Waals surface area contributed by atoms with Crippen molar-refractivity contribution in [3.05, 3.63) is 60.0 Å². The van der Waals surface area contributed by atoms with Crippen LogP contribution in [0.15, 0.2) is 48.8 Å². The molecular weight excluding hydrogens is 444 g/mol. The number of carboxylic acids is 1. The molecule has 0 saturated carbocycles. The molecule has 1 aliphatic heterocycles. The number of rotatable bonds is 11. The number of unbranched alkanes of at least 4 members (excludes halogenated alkanes) is 1. The molecule has 35 heavy (non-hydrogen) atoms. The molecule has 3 aromatic rings. The van der Waals surface area contributed by atoms with Gasteiger partial charge in [0.25, 0.3) is 0 Å². The number of carboxylic acid groups (broad SMARTS) is 1. The SMILES string of the molecule is COc1ccc2nccc([C@@H](O)CC[C@@H]3CCN(CCCCc4cccnn4)C[C@@H]3C(=O)O)c2c1. The van der Waals surface area contributed by atoms with Gasteiger partial charge in [0.2, 0.25) is 0 Å². The van der Waals surface area contributed by atoms with Crippen molar-refractivity contribution in [3.8, 4) is 5.75 Å². The zero-order valence-electron chi connectivity index (χ0n) is 20.2. The molecule has 1 saturated heterocycles. The number of hydrogen-bond donors (Lipinski definition) is 2. The number of piperidine rings is 1. The molecule has 1 fully saturated rings. The summed E-state index contributed by atoms with van der Waals surface area (Å²) in [5.41, 5.74) is 2.60. The van der Waals surface area contributed by atoms with Crippen molar-refractivity contribution in [1.29, 1.82) is 0 Å². The molecule has 2 aromatic heterocycles. The lowest BCUT2D eigenvalue weighted by atomic mass is 9.81. The lowest BCUT2D eigenvalue weighted by molar-refractivity contribution is -0.146. The number of aliphatic hydroxyl groups is 1. The van der Waals surface area contributed by atoms with E-state index in [0.29, 0.717) is 25.1 Å². The van der Waals surface area contributed by atoms with Gasteiger partial charge in [-0.25, -0.2) is 0 Å². The zero-order chi connectivity index (χ0) is 24.6. The Kier molecular flexibility index (Phi) is 8.60. The van der Waals surface area contributed by atoms with E-state index in [1.54, 1.807) is 19.5 Å². The number of aliphatic hydroxyl groups excluding tert-OH is 1. The van der Waals surface area contributed by atoms with Crippen LogP contribution >= 0.6 is 0 Å². The molecule has 1 aromatic carbocycles. The lowest BCUT2D eigenvalue weighted by Crippen LogP contribution is -2.44. The number of benzene rings is 1. The van der Waals surface area contributed by atoms with E-state index in [-0.39, 0.29) is 5.92 Å². The highest BCUT2D eigenvalue weighted by atomic mass is 16.5. The van der Waals surface area contributed by atoms with E-state index in [9.17, 15) is 15.0 Å². The summed E-state index contributed by atoms with van der Waals surface area (Å²) in [5.74, 6) is -0.382. The Morgan fingerprint density at radius 3 is 2.89 bits per heavy atom. The highest BCUT2D eigenvalue weighted by Gasteiger charge is 2.34. The number of hydrogen-bond acceptors (Lipinski definition) is 7. The Bertz CT molecular complexity index is 1110. The van der Waals surface area contributed by atoms with Crippen molar-refractivity contribution < 1.29 is 19.7 Å². The summed E-state index contributed by atoms with van der Waals surface area (Å²) in [6.07, 6.45) is 7.62. The second kappa shape index (κ2) is 12.0. The molecule has 0 bridgehead atoms. The van der Waals surface area contributed by atoms with Crippen LogP contribution in [0.25, 0.3) is 10.9 Å². The molecule has 8 nitrogen and oxygen atoms in total. The number of pyridine rings is 1. The third kappa shape index (κ3) is 6.52. The minimum absolute atomic E-state index is 0.0561. The van der Waals surface area contributed by atoms with Gasteiger partial charge in [0.15, 0.2) is 0 Å². The van der Waals surface area contributed by atoms with Gasteiger partial charge < -0.3 is 19.8 Å². The molecule has 0 unspecified atom stereocenters. The second-order valence-corrected chi connectivity index (χ2v) is 9.34. The van der Waals surface area contributed by atoms with Crippen molar-refractivity contribution in [1.82, 2.24) is 20.1 Å². The number of likely N-dealkylation sites (tertiary alicyclic amines) is 1. The summed E-state index contributed by atoms with van der Waals surface area (Å²) in [5, 5.41) is 29.8. The first kappa shape index (κ1) is 25.0. The predicted molar refractivity (Wildman–Crippen MR) is 133 cm³/mol. The topological polar surface area (TPSA) is 109 Å². The van der Waals surface area contributed by atoms with Crippen LogP contribution in [0.1, 0.15) is 49.5 Å². The predicted octanol–water partition coefficient (Wildman–Crippen LogP) is 3.89. The van der Waals surface area contributed by atoms with Gasteiger partial charge in [-0.05, 0) is 99.5 Å². The molecule has 4 rings (SSSR count). The molecule has 0 amide bonds. The molecule has 3 atom stereocenters. The summed E-state index contributed by atoms with van der Waals surface area (Å²) >= 11 is 0. The average molecular weight is 479 g/mol. The highest BCUT2D eigenvalue weighted by Crippen LogP contribution is 2.33. The van der Waals surface area contributed by atoms with E-state index in [1.165, 1.54) is 0 Å². The molecule has 2 N–H and O–H groups in total. The van der Waals surface area contributed by atoms with Crippen LogP contribution in [-0.4, -0.2) is 63.0 Å². The number of aromatic nitrogens is 3. The van der Waals surface area contributed by atoms with Crippen LogP contribution in [0.5, 0.6) is 5.75 Å². The number of nitrogens with zero attached hydrogens (tertiary/aromatic N) is 4. The summed E-state index contributed by atoms with van der Waals surface area (Å²) in [6.45, 7) is 2.35. The van der Waals surface area contributed by atoms with E-state index >= 15 is 0 Å². The molecule has 0 aliphatic carbocycles. The number of fused-ring (bicyclic) bond motifs is 1. The smallest absolute Gasteiger partial charge is 0.308 e. The number of carbonyl (C=O) groups is 1. The second-order valence-electron chi connectivity index (χ2n) is 9.34. The normalized spacial score (nSPS) is 19.5. The van der Waals surface area contributed by atoms with Gasteiger partial charge in [-0.2, -0.15) is 10.2 Å². The van der Waals surface area contributed by atoms with Gasteiger partial charge in [0, 0.05) is 24.3 Å². The first-order valence-electron chi connectivity index (χ1n) is 12.4. The molecular formula is C27H34N4O4. The van der Waals surface area contributed by atoms with E-state index in [0.717, 1.165) is 60.9 Å². The standard InChI is InChI=1S/C27H34N4O4/c1-35-21-8-9-25-23(17-21)22(11-14-28-25)26(32)10-7-19-12-16-31(18-24(19)27(33)34)15-3-2-5-20-6-4-13-29-30-20/h4,6,8-9,11,13-14,17,19,24,26,32H,2-3,5,7,10,12,15-16,18H2,1H3,(H,33,34)/t19-,24+,26+/m1/s1. The number of aliphatic carboxylic acids is 1. The number of aryl methyl sites for hydroxylation is 1. The summed E-state index contributed by atoms with van der Waals surface area (Å²) in [6, 6.07) is 11.4. The maximum Gasteiger partial charge on any atom is 0.308 e. The van der Waals surface area contributed by atoms with E-state index < -0.39 is 18.0 Å². The van der Waals surface area contributed by atoms with Crippen molar-refractivity contribution in [2.45, 2.75) is 44.6 Å². The van der Waals surface area contributed by atoms with Gasteiger partial charge in [-0.1, -0.05) is 0 Å². The monoisotopic (exact) mass is 478 g/mol. The van der Waals surface area contributed by atoms with Crippen LogP contribution in [0.4, 0.5) is 0 Å². The number of ether oxygens (including phenoxy) is 1. The zero-order valence-corrected chi connectivity index (χ0v) is 20.2. The minimum Gasteiger partial charge on any atom is -0.497 e. The summed E-state index contributed by atoms with van der Waals surface area (Å²) in [7, 11) is 1.62. The molecule has 0 spiro atoms. The molecule has 0 radical (unpaired) electrons. The number of methoxy groups -OCH3 is 1. The summed E-state index contributed by atoms with van der Waals surface area (Å²) < 4.78 is 5.33. The first-order chi connectivity index (χ1) is 17.0. The van der Waals surface area contributed by atoms with Crippen molar-refractivity contribution in [2.75, 3.05) is 26.7 Å². The minimum atomic E-state index is -0.743. The van der Waals surface area contributed by atoms with Gasteiger partial charge in [-0.15, -0.1) is 0 Å². The third-order valence-corrected chi connectivity index (χ3v) is 7.09. The van der Waals surface area contributed by atoms with Crippen LogP contribution in [-0.2, 0) is 11.2 Å². The fourth-order valence-corrected chi connectivity index (χ4v) is 5.10. The van der Waals surface area contributed by atoms with Gasteiger partial charge in [0.05, 0.1) is 30.3 Å². The Morgan fingerprint density at radius 1 is 1.23 bits per heavy atom. The average Bonchev–Trinajstić information content (AvgIpc) is 2.89. The van der Waals surface area contributed by atoms with Crippen LogP contribution in [0, 0.1) is 11.8 Å². The highest BCUT2D eigenvalue weighted by molar-refractivity contribution is 5.83. The van der Waals surface area contributed by atoms with Crippen LogP contribution in [0.2, 0.25) is 0 Å². The maximum atomic E-state index is 12.1. The van der Waals surface area contributed by atoms with Gasteiger partial charge in [0.1, 0.15) is 5.75 Å². The van der Waals surface area contributed by atoms with E-state index in [1.807, 2.05) is 36.4 Å². The quantitative estimate of drug-likeness (QED) is 0.400. The van der Waals surface area contributed by atoms with Crippen LogP contribution in [0.3, 0.4) is 0 Å². The van der Waals surface area contributed by atoms with Crippen molar-refractivity contribution in [3.63, 3.8) is 0 Å². The van der Waals surface area contributed by atoms with E-state index in [2.05, 4.69) is 20.1 Å². The van der Waals surface area contributed by atoms with Gasteiger partial charge >= 0.3 is 5.97 Å². The maximum absolute atomic E-state index is 12.1. The van der Waals surface area contributed by atoms with Crippen molar-refractivity contribution in [2.24, 2.45) is 11.8 Å². The fraction of sp³-hybridized carbons (Fsp3) is 0.481. The molecule has 1 aliphatic rings. The molecule has 8 heteroatoms.